The standard InChI is InChI=1S/C18H33N5S.HI/c1-4-19-18(20-9-8-17-14-24-16(3)22-17)21-12-15(2)13-23-10-6-5-7-11-23;/h14-15H,4-13H2,1-3H3,(H2,19,20,21);1H. The molecule has 0 radical (unpaired) electrons. The molecule has 1 aliphatic heterocycles. The molecule has 1 fully saturated rings. The molecule has 5 nitrogen and oxygen atoms in total. The summed E-state index contributed by atoms with van der Waals surface area (Å²) in [6, 6.07) is 0. The molecule has 2 heterocycles. The van der Waals surface area contributed by atoms with Crippen molar-refractivity contribution in [2.75, 3.05) is 39.3 Å². The highest BCUT2D eigenvalue weighted by Crippen LogP contribution is 2.11. The van der Waals surface area contributed by atoms with Gasteiger partial charge in [-0.25, -0.2) is 4.98 Å². The van der Waals surface area contributed by atoms with Gasteiger partial charge in [0.2, 0.25) is 0 Å². The van der Waals surface area contributed by atoms with Crippen molar-refractivity contribution in [2.45, 2.75) is 46.5 Å². The number of aryl methyl sites for hydroxylation is 1. The number of piperidine rings is 1. The Bertz CT molecular complexity index is 499. The molecular weight excluding hydrogens is 445 g/mol. The minimum absolute atomic E-state index is 0. The van der Waals surface area contributed by atoms with Crippen molar-refractivity contribution >= 4 is 41.3 Å². The maximum absolute atomic E-state index is 4.77. The van der Waals surface area contributed by atoms with Crippen molar-refractivity contribution in [3.63, 3.8) is 0 Å². The maximum Gasteiger partial charge on any atom is 0.191 e. The SMILES string of the molecule is CCNC(=NCC(C)CN1CCCCC1)NCCc1csc(C)n1.I. The van der Waals surface area contributed by atoms with Gasteiger partial charge in [-0.3, -0.25) is 4.99 Å². The average Bonchev–Trinajstić information content (AvgIpc) is 2.99. The first-order valence-corrected chi connectivity index (χ1v) is 10.2. The summed E-state index contributed by atoms with van der Waals surface area (Å²) in [6.07, 6.45) is 5.06. The number of hydrogen-bond acceptors (Lipinski definition) is 4. The average molecular weight is 479 g/mol. The minimum Gasteiger partial charge on any atom is -0.357 e. The Morgan fingerprint density at radius 3 is 2.72 bits per heavy atom. The van der Waals surface area contributed by atoms with Crippen LogP contribution in [0.4, 0.5) is 0 Å². The number of nitrogens with zero attached hydrogens (tertiary/aromatic N) is 3. The van der Waals surface area contributed by atoms with Gasteiger partial charge in [-0.1, -0.05) is 13.3 Å². The quantitative estimate of drug-likeness (QED) is 0.342. The van der Waals surface area contributed by atoms with Crippen LogP contribution >= 0.6 is 35.3 Å². The predicted octanol–water partition coefficient (Wildman–Crippen LogP) is 3.29. The molecule has 0 aromatic carbocycles. The van der Waals surface area contributed by atoms with Crippen LogP contribution in [0.25, 0.3) is 0 Å². The molecule has 1 unspecified atom stereocenters. The first kappa shape index (κ1) is 22.6. The van der Waals surface area contributed by atoms with E-state index in [9.17, 15) is 0 Å². The van der Waals surface area contributed by atoms with E-state index in [1.807, 2.05) is 0 Å². The van der Waals surface area contributed by atoms with E-state index in [0.717, 1.165) is 37.0 Å². The van der Waals surface area contributed by atoms with Gasteiger partial charge >= 0.3 is 0 Å². The molecule has 0 bridgehead atoms. The Balaban J connectivity index is 0.00000312. The van der Waals surface area contributed by atoms with Crippen LogP contribution in [0.15, 0.2) is 10.4 Å². The fourth-order valence-electron chi connectivity index (χ4n) is 3.06. The molecule has 1 aliphatic rings. The molecule has 1 aromatic rings. The number of likely N-dealkylation sites (tertiary alicyclic amines) is 1. The van der Waals surface area contributed by atoms with Gasteiger partial charge in [-0.05, 0) is 45.7 Å². The highest BCUT2D eigenvalue weighted by Gasteiger charge is 2.13. The number of nitrogens with one attached hydrogen (secondary N) is 2. The van der Waals surface area contributed by atoms with Gasteiger partial charge in [0.1, 0.15) is 0 Å². The van der Waals surface area contributed by atoms with E-state index in [1.165, 1.54) is 44.6 Å². The van der Waals surface area contributed by atoms with Gasteiger partial charge < -0.3 is 15.5 Å². The molecule has 25 heavy (non-hydrogen) atoms. The monoisotopic (exact) mass is 479 g/mol. The number of hydrogen-bond donors (Lipinski definition) is 2. The molecular formula is C18H34IN5S. The molecule has 0 amide bonds. The van der Waals surface area contributed by atoms with Crippen molar-refractivity contribution in [3.05, 3.63) is 16.1 Å². The fraction of sp³-hybridized carbons (Fsp3) is 0.778. The lowest BCUT2D eigenvalue weighted by molar-refractivity contribution is 0.203. The summed E-state index contributed by atoms with van der Waals surface area (Å²) < 4.78 is 0. The molecule has 2 N–H and O–H groups in total. The van der Waals surface area contributed by atoms with Gasteiger partial charge in [0.15, 0.2) is 5.96 Å². The molecule has 0 spiro atoms. The van der Waals surface area contributed by atoms with Gasteiger partial charge in [0.25, 0.3) is 0 Å². The number of guanidine groups is 1. The van der Waals surface area contributed by atoms with Crippen LogP contribution in [-0.2, 0) is 6.42 Å². The van der Waals surface area contributed by atoms with Gasteiger partial charge in [-0.15, -0.1) is 35.3 Å². The van der Waals surface area contributed by atoms with Crippen LogP contribution in [-0.4, -0.2) is 55.1 Å². The highest BCUT2D eigenvalue weighted by atomic mass is 127. The zero-order valence-electron chi connectivity index (χ0n) is 15.9. The Morgan fingerprint density at radius 2 is 2.08 bits per heavy atom. The largest absolute Gasteiger partial charge is 0.357 e. The first-order chi connectivity index (χ1) is 11.7. The summed E-state index contributed by atoms with van der Waals surface area (Å²) in [6.45, 7) is 12.8. The number of rotatable bonds is 8. The van der Waals surface area contributed by atoms with Gasteiger partial charge in [-0.2, -0.15) is 0 Å². The fourth-order valence-corrected chi connectivity index (χ4v) is 3.71. The van der Waals surface area contributed by atoms with E-state index in [4.69, 9.17) is 4.99 Å². The molecule has 0 saturated carbocycles. The van der Waals surface area contributed by atoms with Gasteiger partial charge in [0.05, 0.1) is 10.7 Å². The first-order valence-electron chi connectivity index (χ1n) is 9.33. The summed E-state index contributed by atoms with van der Waals surface area (Å²) in [5.41, 5.74) is 1.17. The molecule has 144 valence electrons. The van der Waals surface area contributed by atoms with Crippen molar-refractivity contribution in [1.29, 1.82) is 0 Å². The zero-order valence-corrected chi connectivity index (χ0v) is 19.0. The normalized spacial score (nSPS) is 17.0. The van der Waals surface area contributed by atoms with E-state index in [-0.39, 0.29) is 24.0 Å². The van der Waals surface area contributed by atoms with Crippen LogP contribution in [0.2, 0.25) is 0 Å². The summed E-state index contributed by atoms with van der Waals surface area (Å²) in [7, 11) is 0. The number of aliphatic imine (C=N–C) groups is 1. The Morgan fingerprint density at radius 1 is 1.32 bits per heavy atom. The molecule has 1 atom stereocenters. The van der Waals surface area contributed by atoms with Crippen LogP contribution in [0.3, 0.4) is 0 Å². The minimum atomic E-state index is 0. The smallest absolute Gasteiger partial charge is 0.191 e. The molecule has 0 aliphatic carbocycles. The van der Waals surface area contributed by atoms with E-state index in [1.54, 1.807) is 11.3 Å². The number of thiazole rings is 1. The van der Waals surface area contributed by atoms with Crippen LogP contribution < -0.4 is 10.6 Å². The van der Waals surface area contributed by atoms with Crippen molar-refractivity contribution in [1.82, 2.24) is 20.5 Å². The molecule has 1 saturated heterocycles. The summed E-state index contributed by atoms with van der Waals surface area (Å²) in [5.74, 6) is 1.52. The van der Waals surface area contributed by atoms with Crippen LogP contribution in [0, 0.1) is 12.8 Å². The second-order valence-electron chi connectivity index (χ2n) is 6.72. The van der Waals surface area contributed by atoms with Crippen molar-refractivity contribution in [3.8, 4) is 0 Å². The third-order valence-corrected chi connectivity index (χ3v) is 5.09. The summed E-state index contributed by atoms with van der Waals surface area (Å²) in [4.78, 5) is 11.9. The van der Waals surface area contributed by atoms with Crippen LogP contribution in [0.5, 0.6) is 0 Å². The van der Waals surface area contributed by atoms with Crippen molar-refractivity contribution < 1.29 is 0 Å². The Labute approximate surface area is 174 Å². The number of aromatic nitrogens is 1. The lowest BCUT2D eigenvalue weighted by atomic mass is 10.1. The second-order valence-corrected chi connectivity index (χ2v) is 7.78. The van der Waals surface area contributed by atoms with Crippen LogP contribution in [0.1, 0.15) is 43.8 Å². The third kappa shape index (κ3) is 9.19. The molecule has 7 heteroatoms. The molecule has 2 rings (SSSR count). The summed E-state index contributed by atoms with van der Waals surface area (Å²) in [5, 5.41) is 10.0. The van der Waals surface area contributed by atoms with E-state index >= 15 is 0 Å². The predicted molar refractivity (Wildman–Crippen MR) is 119 cm³/mol. The van der Waals surface area contributed by atoms with E-state index in [0.29, 0.717) is 5.92 Å². The number of halogens is 1. The highest BCUT2D eigenvalue weighted by molar-refractivity contribution is 14.0. The van der Waals surface area contributed by atoms with E-state index < -0.39 is 0 Å². The Hall–Kier alpha value is -0.410. The lowest BCUT2D eigenvalue weighted by Crippen LogP contribution is -2.39. The summed E-state index contributed by atoms with van der Waals surface area (Å²) >= 11 is 1.71. The van der Waals surface area contributed by atoms with Gasteiger partial charge in [0, 0.05) is 38.0 Å². The Kier molecular flexibility index (Phi) is 11.6. The maximum atomic E-state index is 4.77. The second kappa shape index (κ2) is 12.9. The lowest BCUT2D eigenvalue weighted by Gasteiger charge is -2.28. The topological polar surface area (TPSA) is 52.6 Å². The van der Waals surface area contributed by atoms with E-state index in [2.05, 4.69) is 46.7 Å². The van der Waals surface area contributed by atoms with Crippen molar-refractivity contribution in [2.24, 2.45) is 10.9 Å². The third-order valence-electron chi connectivity index (χ3n) is 4.26. The molecule has 1 aromatic heterocycles. The zero-order chi connectivity index (χ0) is 17.2.